The van der Waals surface area contributed by atoms with Gasteiger partial charge in [-0.1, -0.05) is 0 Å². The minimum Gasteiger partial charge on any atom is -0.391 e. The number of fused-ring (bicyclic) bond motifs is 1. The molecule has 3 fully saturated rings. The third-order valence-corrected chi connectivity index (χ3v) is 3.85. The molecule has 0 aliphatic carbocycles. The first-order chi connectivity index (χ1) is 8.33. The van der Waals surface area contributed by atoms with Gasteiger partial charge in [-0.05, 0) is 32.1 Å². The van der Waals surface area contributed by atoms with Crippen molar-refractivity contribution < 1.29 is 19.4 Å². The molecule has 3 aliphatic heterocycles. The van der Waals surface area contributed by atoms with E-state index in [2.05, 4.69) is 0 Å². The van der Waals surface area contributed by atoms with Gasteiger partial charge in [0, 0.05) is 13.2 Å². The van der Waals surface area contributed by atoms with Crippen molar-refractivity contribution in [3.63, 3.8) is 0 Å². The van der Waals surface area contributed by atoms with Gasteiger partial charge in [0.1, 0.15) is 6.10 Å². The van der Waals surface area contributed by atoms with Gasteiger partial charge >= 0.3 is 0 Å². The van der Waals surface area contributed by atoms with Crippen molar-refractivity contribution in [3.05, 3.63) is 0 Å². The highest BCUT2D eigenvalue weighted by Gasteiger charge is 2.42. The van der Waals surface area contributed by atoms with E-state index in [1.165, 1.54) is 6.42 Å². The molecule has 1 N–H and O–H groups in total. The summed E-state index contributed by atoms with van der Waals surface area (Å²) in [5.41, 5.74) is 0. The van der Waals surface area contributed by atoms with E-state index in [0.717, 1.165) is 38.8 Å². The summed E-state index contributed by atoms with van der Waals surface area (Å²) in [4.78, 5) is 5.74. The molecule has 3 rings (SSSR count). The second-order valence-electron chi connectivity index (χ2n) is 5.16. The number of aliphatic hydroxyl groups excluding tert-OH is 1. The van der Waals surface area contributed by atoms with Crippen molar-refractivity contribution >= 4 is 0 Å². The Morgan fingerprint density at radius 2 is 2.24 bits per heavy atom. The second-order valence-corrected chi connectivity index (χ2v) is 5.16. The van der Waals surface area contributed by atoms with Gasteiger partial charge < -0.3 is 14.6 Å². The summed E-state index contributed by atoms with van der Waals surface area (Å²) in [5, 5.41) is 11.7. The molecule has 0 radical (unpaired) electrons. The SMILES string of the molecule is O[C@H]1CCN2O[C@@H](COC3CCCCO3)C[C@H]12. The largest absolute Gasteiger partial charge is 0.391 e. The summed E-state index contributed by atoms with van der Waals surface area (Å²) in [5.74, 6) is 0. The first kappa shape index (κ1) is 11.9. The fraction of sp³-hybridized carbons (Fsp3) is 1.00. The number of aliphatic hydroxyl groups is 1. The Balaban J connectivity index is 1.41. The number of hydroxylamine groups is 2. The van der Waals surface area contributed by atoms with Crippen LogP contribution in [0.4, 0.5) is 0 Å². The third-order valence-electron chi connectivity index (χ3n) is 3.85. The number of rotatable bonds is 3. The zero-order valence-corrected chi connectivity index (χ0v) is 10.1. The van der Waals surface area contributed by atoms with E-state index in [1.54, 1.807) is 0 Å². The highest BCUT2D eigenvalue weighted by atomic mass is 16.7. The molecule has 98 valence electrons. The lowest BCUT2D eigenvalue weighted by molar-refractivity contribution is -0.206. The molecule has 3 heterocycles. The maximum absolute atomic E-state index is 9.75. The Hall–Kier alpha value is -0.200. The molecule has 0 aromatic rings. The predicted molar refractivity (Wildman–Crippen MR) is 60.2 cm³/mol. The van der Waals surface area contributed by atoms with Gasteiger partial charge in [0.2, 0.25) is 0 Å². The lowest BCUT2D eigenvalue weighted by Crippen LogP contribution is -2.27. The molecule has 3 aliphatic rings. The normalized spacial score (nSPS) is 42.9. The first-order valence-electron chi connectivity index (χ1n) is 6.67. The highest BCUT2D eigenvalue weighted by Crippen LogP contribution is 2.30. The summed E-state index contributed by atoms with van der Waals surface area (Å²) < 4.78 is 11.2. The summed E-state index contributed by atoms with van der Waals surface area (Å²) in [7, 11) is 0. The summed E-state index contributed by atoms with van der Waals surface area (Å²) in [6, 6.07) is 0.177. The molecule has 1 unspecified atom stereocenters. The molecular weight excluding hydrogens is 222 g/mol. The zero-order valence-electron chi connectivity index (χ0n) is 10.1. The van der Waals surface area contributed by atoms with Gasteiger partial charge in [-0.15, -0.1) is 0 Å². The number of hydrogen-bond acceptors (Lipinski definition) is 5. The fourth-order valence-electron chi connectivity index (χ4n) is 2.87. The highest BCUT2D eigenvalue weighted by molar-refractivity contribution is 4.89. The van der Waals surface area contributed by atoms with Crippen molar-refractivity contribution in [1.29, 1.82) is 0 Å². The zero-order chi connectivity index (χ0) is 11.7. The van der Waals surface area contributed by atoms with Gasteiger partial charge in [0.25, 0.3) is 0 Å². The van der Waals surface area contributed by atoms with Crippen LogP contribution in [-0.4, -0.2) is 54.5 Å². The molecule has 0 saturated carbocycles. The van der Waals surface area contributed by atoms with Crippen LogP contribution >= 0.6 is 0 Å². The van der Waals surface area contributed by atoms with E-state index in [4.69, 9.17) is 14.3 Å². The van der Waals surface area contributed by atoms with E-state index in [-0.39, 0.29) is 24.5 Å². The Labute approximate surface area is 102 Å². The number of nitrogens with zero attached hydrogens (tertiary/aromatic N) is 1. The van der Waals surface area contributed by atoms with E-state index in [0.29, 0.717) is 6.61 Å². The molecule has 0 bridgehead atoms. The van der Waals surface area contributed by atoms with Crippen LogP contribution in [0.25, 0.3) is 0 Å². The maximum Gasteiger partial charge on any atom is 0.157 e. The van der Waals surface area contributed by atoms with Crippen LogP contribution in [0.2, 0.25) is 0 Å². The third kappa shape index (κ3) is 2.63. The van der Waals surface area contributed by atoms with Crippen LogP contribution in [0.3, 0.4) is 0 Å². The van der Waals surface area contributed by atoms with E-state index >= 15 is 0 Å². The lowest BCUT2D eigenvalue weighted by atomic mass is 10.1. The molecule has 17 heavy (non-hydrogen) atoms. The van der Waals surface area contributed by atoms with Crippen LogP contribution < -0.4 is 0 Å². The van der Waals surface area contributed by atoms with Crippen molar-refractivity contribution in [1.82, 2.24) is 5.06 Å². The van der Waals surface area contributed by atoms with E-state index in [1.807, 2.05) is 5.06 Å². The van der Waals surface area contributed by atoms with Crippen molar-refractivity contribution in [2.45, 2.75) is 56.6 Å². The number of hydrogen-bond donors (Lipinski definition) is 1. The second kappa shape index (κ2) is 5.20. The predicted octanol–water partition coefficient (Wildman–Crippen LogP) is 0.669. The van der Waals surface area contributed by atoms with Crippen LogP contribution in [0.1, 0.15) is 32.1 Å². The number of ether oxygens (including phenoxy) is 2. The van der Waals surface area contributed by atoms with Gasteiger partial charge in [-0.25, -0.2) is 0 Å². The van der Waals surface area contributed by atoms with Crippen LogP contribution in [-0.2, 0) is 14.3 Å². The van der Waals surface area contributed by atoms with Gasteiger partial charge in [0.15, 0.2) is 6.29 Å². The monoisotopic (exact) mass is 243 g/mol. The van der Waals surface area contributed by atoms with Crippen molar-refractivity contribution in [2.24, 2.45) is 0 Å². The molecule has 5 nitrogen and oxygen atoms in total. The van der Waals surface area contributed by atoms with Crippen LogP contribution in [0.15, 0.2) is 0 Å². The quantitative estimate of drug-likeness (QED) is 0.789. The standard InChI is InChI=1S/C12H21NO4/c14-11-4-5-13-10(11)7-9(17-13)8-16-12-3-1-2-6-15-12/h9-12,14H,1-8H2/t9-,10-,11+,12?/m1/s1. The minimum atomic E-state index is -0.231. The average molecular weight is 243 g/mol. The van der Waals surface area contributed by atoms with E-state index < -0.39 is 0 Å². The molecule has 0 aromatic carbocycles. The summed E-state index contributed by atoms with van der Waals surface area (Å²) in [6.45, 7) is 2.22. The van der Waals surface area contributed by atoms with Gasteiger partial charge in [-0.3, -0.25) is 4.84 Å². The maximum atomic E-state index is 9.75. The van der Waals surface area contributed by atoms with Crippen LogP contribution in [0, 0.1) is 0 Å². The molecule has 0 aromatic heterocycles. The minimum absolute atomic E-state index is 0.0484. The molecule has 3 saturated heterocycles. The van der Waals surface area contributed by atoms with Crippen molar-refractivity contribution in [2.75, 3.05) is 19.8 Å². The molecular formula is C12H21NO4. The molecule has 0 amide bonds. The topological polar surface area (TPSA) is 51.2 Å². The lowest BCUT2D eigenvalue weighted by Gasteiger charge is -2.24. The Bertz CT molecular complexity index is 257. The average Bonchev–Trinajstić information content (AvgIpc) is 2.91. The van der Waals surface area contributed by atoms with E-state index in [9.17, 15) is 5.11 Å². The van der Waals surface area contributed by atoms with Gasteiger partial charge in [-0.2, -0.15) is 5.06 Å². The summed E-state index contributed by atoms with van der Waals surface area (Å²) in [6.07, 6.45) is 4.81. The van der Waals surface area contributed by atoms with Crippen LogP contribution in [0.5, 0.6) is 0 Å². The molecule has 4 atom stereocenters. The molecule has 0 spiro atoms. The summed E-state index contributed by atoms with van der Waals surface area (Å²) >= 11 is 0. The van der Waals surface area contributed by atoms with Crippen molar-refractivity contribution in [3.8, 4) is 0 Å². The van der Waals surface area contributed by atoms with Gasteiger partial charge in [0.05, 0.1) is 18.8 Å². The Kier molecular flexibility index (Phi) is 3.63. The fourth-order valence-corrected chi connectivity index (χ4v) is 2.87. The molecule has 5 heteroatoms. The Morgan fingerprint density at radius 1 is 1.29 bits per heavy atom. The first-order valence-corrected chi connectivity index (χ1v) is 6.67. The Morgan fingerprint density at radius 3 is 3.00 bits per heavy atom. The smallest absolute Gasteiger partial charge is 0.157 e.